The lowest BCUT2D eigenvalue weighted by Gasteiger charge is -1.97. The first kappa shape index (κ1) is 9.91. The maximum Gasteiger partial charge on any atom is 0.357 e. The molecule has 0 atom stereocenters. The van der Waals surface area contributed by atoms with Crippen LogP contribution in [0.3, 0.4) is 0 Å². The number of hydrogen-bond donors (Lipinski definition) is 2. The van der Waals surface area contributed by atoms with Gasteiger partial charge < -0.3 is 10.1 Å². The summed E-state index contributed by atoms with van der Waals surface area (Å²) in [6, 6.07) is 5.41. The van der Waals surface area contributed by atoms with Crippen molar-refractivity contribution in [1.82, 2.24) is 18.7 Å². The third-order valence-corrected chi connectivity index (χ3v) is 2.91. The van der Waals surface area contributed by atoms with E-state index in [1.165, 1.54) is 0 Å². The lowest BCUT2D eigenvalue weighted by molar-refractivity contribution is 0.0692. The second-order valence-electron chi connectivity index (χ2n) is 3.40. The van der Waals surface area contributed by atoms with E-state index in [4.69, 9.17) is 5.11 Å². The number of carbonyl (C=O) groups is 1. The number of imidazole rings is 1. The summed E-state index contributed by atoms with van der Waals surface area (Å²) >= 11 is 0.890. The van der Waals surface area contributed by atoms with Crippen LogP contribution in [-0.2, 0) is 0 Å². The Morgan fingerprint density at radius 1 is 1.35 bits per heavy atom. The molecule has 2 aromatic heterocycles. The van der Waals surface area contributed by atoms with Crippen molar-refractivity contribution < 1.29 is 9.90 Å². The number of hydrogen-bond acceptors (Lipinski definition) is 5. The third kappa shape index (κ3) is 1.56. The molecule has 0 saturated heterocycles. The van der Waals surface area contributed by atoms with E-state index in [0.717, 1.165) is 22.8 Å². The van der Waals surface area contributed by atoms with Crippen molar-refractivity contribution >= 4 is 28.7 Å². The van der Waals surface area contributed by atoms with Gasteiger partial charge in [-0.2, -0.15) is 8.75 Å². The molecule has 2 heterocycles. The van der Waals surface area contributed by atoms with Crippen molar-refractivity contribution in [2.75, 3.05) is 0 Å². The van der Waals surface area contributed by atoms with Gasteiger partial charge in [0, 0.05) is 5.56 Å². The summed E-state index contributed by atoms with van der Waals surface area (Å²) in [7, 11) is 0. The normalized spacial score (nSPS) is 10.8. The number of aromatic carboxylic acids is 1. The average molecular weight is 246 g/mol. The molecule has 0 unspecified atom stereocenters. The molecule has 17 heavy (non-hydrogen) atoms. The second kappa shape index (κ2) is 3.63. The van der Waals surface area contributed by atoms with E-state index in [9.17, 15) is 4.79 Å². The molecule has 2 N–H and O–H groups in total. The Kier molecular flexibility index (Phi) is 2.12. The van der Waals surface area contributed by atoms with Crippen molar-refractivity contribution in [1.29, 1.82) is 0 Å². The second-order valence-corrected chi connectivity index (χ2v) is 3.93. The molecule has 0 saturated carbocycles. The van der Waals surface area contributed by atoms with Gasteiger partial charge >= 0.3 is 5.97 Å². The number of fused-ring (bicyclic) bond motifs is 1. The predicted octanol–water partition coefficient (Wildman–Crippen LogP) is 1.78. The largest absolute Gasteiger partial charge is 0.476 e. The van der Waals surface area contributed by atoms with Crippen molar-refractivity contribution in [2.24, 2.45) is 0 Å². The van der Waals surface area contributed by atoms with Crippen LogP contribution in [0.2, 0.25) is 0 Å². The van der Waals surface area contributed by atoms with Crippen LogP contribution in [0.15, 0.2) is 24.5 Å². The molecule has 0 aliphatic heterocycles. The summed E-state index contributed by atoms with van der Waals surface area (Å²) in [6.07, 6.45) is 1.59. The molecule has 3 rings (SSSR count). The Bertz CT molecular complexity index is 703. The molecule has 6 nitrogen and oxygen atoms in total. The van der Waals surface area contributed by atoms with Crippen LogP contribution in [0.25, 0.3) is 22.3 Å². The highest BCUT2D eigenvalue weighted by Gasteiger charge is 2.17. The Morgan fingerprint density at radius 2 is 2.24 bits per heavy atom. The van der Waals surface area contributed by atoms with Gasteiger partial charge in [0.2, 0.25) is 0 Å². The summed E-state index contributed by atoms with van der Waals surface area (Å²) in [5.74, 6) is -1.07. The van der Waals surface area contributed by atoms with Gasteiger partial charge in [-0.1, -0.05) is 6.07 Å². The number of carboxylic acid groups (broad SMARTS) is 1. The van der Waals surface area contributed by atoms with Gasteiger partial charge in [-0.25, -0.2) is 9.78 Å². The van der Waals surface area contributed by atoms with Gasteiger partial charge in [0.25, 0.3) is 0 Å². The van der Waals surface area contributed by atoms with Crippen LogP contribution in [-0.4, -0.2) is 29.8 Å². The van der Waals surface area contributed by atoms with E-state index in [0.29, 0.717) is 11.3 Å². The average Bonchev–Trinajstić information content (AvgIpc) is 2.96. The number of H-pyrrole nitrogens is 1. The van der Waals surface area contributed by atoms with Gasteiger partial charge in [-0.15, -0.1) is 0 Å². The van der Waals surface area contributed by atoms with E-state index < -0.39 is 5.97 Å². The topological polar surface area (TPSA) is 91.8 Å². The zero-order chi connectivity index (χ0) is 11.8. The molecule has 1 aromatic carbocycles. The number of carboxylic acids is 1. The standard InChI is InChI=1S/C10H6N4O2S/c15-10(16)9-8(13-17-14-9)5-1-2-6-7(3-5)12-4-11-6/h1-4H,(H,11,12)(H,15,16). The third-order valence-electron chi connectivity index (χ3n) is 2.38. The van der Waals surface area contributed by atoms with Crippen LogP contribution in [0, 0.1) is 0 Å². The number of benzene rings is 1. The van der Waals surface area contributed by atoms with Crippen LogP contribution < -0.4 is 0 Å². The van der Waals surface area contributed by atoms with Crippen molar-refractivity contribution in [3.8, 4) is 11.3 Å². The highest BCUT2D eigenvalue weighted by atomic mass is 32.1. The Morgan fingerprint density at radius 3 is 3.06 bits per heavy atom. The number of rotatable bonds is 2. The lowest BCUT2D eigenvalue weighted by atomic mass is 10.1. The number of aromatic nitrogens is 4. The number of aromatic amines is 1. The summed E-state index contributed by atoms with van der Waals surface area (Å²) < 4.78 is 7.78. The molecular weight excluding hydrogens is 240 g/mol. The molecule has 7 heteroatoms. The predicted molar refractivity (Wildman–Crippen MR) is 62.0 cm³/mol. The highest BCUT2D eigenvalue weighted by molar-refractivity contribution is 6.99. The maximum absolute atomic E-state index is 11.0. The van der Waals surface area contributed by atoms with Crippen LogP contribution >= 0.6 is 11.7 Å². The molecular formula is C10H6N4O2S. The zero-order valence-electron chi connectivity index (χ0n) is 8.41. The van der Waals surface area contributed by atoms with Crippen LogP contribution in [0.5, 0.6) is 0 Å². The highest BCUT2D eigenvalue weighted by Crippen LogP contribution is 2.24. The molecule has 0 radical (unpaired) electrons. The van der Waals surface area contributed by atoms with Gasteiger partial charge in [0.1, 0.15) is 5.69 Å². The summed E-state index contributed by atoms with van der Waals surface area (Å²) in [6.45, 7) is 0. The van der Waals surface area contributed by atoms with Gasteiger partial charge in [-0.05, 0) is 12.1 Å². The van der Waals surface area contributed by atoms with Gasteiger partial charge in [-0.3, -0.25) is 0 Å². The quantitative estimate of drug-likeness (QED) is 0.719. The number of nitrogens with one attached hydrogen (secondary N) is 1. The van der Waals surface area contributed by atoms with E-state index in [1.807, 2.05) is 12.1 Å². The fourth-order valence-electron chi connectivity index (χ4n) is 1.60. The lowest BCUT2D eigenvalue weighted by Crippen LogP contribution is -1.98. The fourth-order valence-corrected chi connectivity index (χ4v) is 2.16. The molecule has 0 aliphatic carbocycles. The minimum atomic E-state index is -1.07. The minimum Gasteiger partial charge on any atom is -0.476 e. The molecule has 0 amide bonds. The van der Waals surface area contributed by atoms with E-state index in [-0.39, 0.29) is 5.69 Å². The minimum absolute atomic E-state index is 0.0196. The molecule has 0 spiro atoms. The summed E-state index contributed by atoms with van der Waals surface area (Å²) in [5, 5.41) is 8.97. The molecule has 84 valence electrons. The summed E-state index contributed by atoms with van der Waals surface area (Å²) in [5.41, 5.74) is 2.75. The monoisotopic (exact) mass is 246 g/mol. The molecule has 0 bridgehead atoms. The van der Waals surface area contributed by atoms with Crippen LogP contribution in [0.4, 0.5) is 0 Å². The van der Waals surface area contributed by atoms with Crippen molar-refractivity contribution in [3.05, 3.63) is 30.2 Å². The van der Waals surface area contributed by atoms with Crippen molar-refractivity contribution in [3.63, 3.8) is 0 Å². The molecule has 0 aliphatic rings. The number of nitrogens with zero attached hydrogens (tertiary/aromatic N) is 3. The summed E-state index contributed by atoms with van der Waals surface area (Å²) in [4.78, 5) is 18.0. The molecule has 3 aromatic rings. The van der Waals surface area contributed by atoms with Gasteiger partial charge in [0.05, 0.1) is 29.1 Å². The SMILES string of the molecule is O=C(O)c1nsnc1-c1ccc2nc[nH]c2c1. The fraction of sp³-hybridized carbons (Fsp3) is 0. The van der Waals surface area contributed by atoms with E-state index >= 15 is 0 Å². The Labute approximate surface area is 99.3 Å². The maximum atomic E-state index is 11.0. The first-order valence-corrected chi connectivity index (χ1v) is 5.48. The zero-order valence-corrected chi connectivity index (χ0v) is 9.23. The Hall–Kier alpha value is -2.28. The van der Waals surface area contributed by atoms with Crippen molar-refractivity contribution in [2.45, 2.75) is 0 Å². The van der Waals surface area contributed by atoms with Crippen LogP contribution in [0.1, 0.15) is 10.5 Å². The van der Waals surface area contributed by atoms with Gasteiger partial charge in [0.15, 0.2) is 5.69 Å². The van der Waals surface area contributed by atoms with E-state index in [1.54, 1.807) is 12.4 Å². The van der Waals surface area contributed by atoms with E-state index in [2.05, 4.69) is 18.7 Å². The Balaban J connectivity index is 2.19. The first-order chi connectivity index (χ1) is 8.25. The first-order valence-electron chi connectivity index (χ1n) is 4.75. The molecule has 0 fully saturated rings. The smallest absolute Gasteiger partial charge is 0.357 e.